The predicted octanol–water partition coefficient (Wildman–Crippen LogP) is 3.93. The average Bonchev–Trinajstić information content (AvgIpc) is 3.57. The van der Waals surface area contributed by atoms with Gasteiger partial charge >= 0.3 is 12.1 Å². The summed E-state index contributed by atoms with van der Waals surface area (Å²) in [7, 11) is 2.29. The van der Waals surface area contributed by atoms with Crippen molar-refractivity contribution in [1.82, 2.24) is 24.7 Å². The summed E-state index contributed by atoms with van der Waals surface area (Å²) in [6.45, 7) is 13.3. The van der Waals surface area contributed by atoms with Gasteiger partial charge in [-0.3, -0.25) is 28.9 Å². The lowest BCUT2D eigenvalue weighted by Crippen LogP contribution is -2.59. The third-order valence-electron chi connectivity index (χ3n) is 10.1. The summed E-state index contributed by atoms with van der Waals surface area (Å²) in [6.07, 6.45) is -2.68. The predicted molar refractivity (Wildman–Crippen MR) is 205 cm³/mol. The van der Waals surface area contributed by atoms with E-state index in [9.17, 15) is 45.6 Å². The number of amides is 5. The first-order valence-corrected chi connectivity index (χ1v) is 20.2. The van der Waals surface area contributed by atoms with Crippen LogP contribution in [0.2, 0.25) is 0 Å². The first kappa shape index (κ1) is 48.1. The van der Waals surface area contributed by atoms with E-state index < -0.39 is 63.2 Å². The van der Waals surface area contributed by atoms with Crippen molar-refractivity contribution in [2.75, 3.05) is 40.1 Å². The van der Waals surface area contributed by atoms with Gasteiger partial charge in [-0.25, -0.2) is 13.1 Å². The summed E-state index contributed by atoms with van der Waals surface area (Å²) < 4.78 is 71.3. The number of methoxy groups -OCH3 is 1. The topological polar surface area (TPSA) is 175 Å². The molecule has 6 atom stereocenters. The number of ether oxygens (including phenoxy) is 1. The second-order valence-electron chi connectivity index (χ2n) is 15.2. The number of nitrogens with one attached hydrogen (secondary N) is 3. The number of nitrogens with zero attached hydrogens (tertiary/aromatic N) is 3. The number of hydrogen-bond donors (Lipinski definition) is 3. The van der Waals surface area contributed by atoms with Crippen molar-refractivity contribution < 1.29 is 50.3 Å². The number of carbonyl (C=O) groups is 5. The molecule has 2 rings (SSSR count). The highest BCUT2D eigenvalue weighted by Gasteiger charge is 2.41. The van der Waals surface area contributed by atoms with Crippen LogP contribution in [-0.2, 0) is 38.7 Å². The van der Waals surface area contributed by atoms with Gasteiger partial charge in [0, 0.05) is 32.0 Å². The van der Waals surface area contributed by atoms with Gasteiger partial charge in [-0.15, -0.1) is 0 Å². The lowest BCUT2D eigenvalue weighted by atomic mass is 9.89. The van der Waals surface area contributed by atoms with Gasteiger partial charge in [0.1, 0.15) is 6.04 Å². The van der Waals surface area contributed by atoms with Crippen molar-refractivity contribution in [2.45, 2.75) is 115 Å². The third-order valence-corrected chi connectivity index (χ3v) is 11.4. The van der Waals surface area contributed by atoms with Crippen LogP contribution in [0.3, 0.4) is 0 Å². The number of benzene rings is 1. The summed E-state index contributed by atoms with van der Waals surface area (Å²) in [4.78, 5) is 70.1. The fraction of sp³-hybridized carbons (Fsp3) is 0.658. The Balaban J connectivity index is 2.24. The maximum atomic E-state index is 14.1. The second kappa shape index (κ2) is 20.4. The maximum Gasteiger partial charge on any atom is 0.471 e. The van der Waals surface area contributed by atoms with Crippen molar-refractivity contribution in [3.05, 3.63) is 35.9 Å². The van der Waals surface area contributed by atoms with E-state index in [0.29, 0.717) is 25.8 Å². The summed E-state index contributed by atoms with van der Waals surface area (Å²) in [5.41, 5.74) is -0.290. The SMILES string of the molecule is CC[C@H](C)[C@@H]([C@@H](CC(=O)N1CCC[C@H]1/C=C(\C)C(=O)NS(=O)(=O)c1ccc(NC(=O)C(F)(F)F)cc1)OC)N(C)C(=O)[C@@H](NC(=O)[C@H](C(C)C)N(C)C)C(C)C. The largest absolute Gasteiger partial charge is 0.471 e. The van der Waals surface area contributed by atoms with E-state index >= 15 is 0 Å². The number of halogens is 3. The Bertz CT molecular complexity index is 1680. The zero-order chi connectivity index (χ0) is 42.9. The zero-order valence-corrected chi connectivity index (χ0v) is 35.0. The first-order chi connectivity index (χ1) is 25.9. The molecule has 1 aliphatic heterocycles. The Kier molecular flexibility index (Phi) is 17.5. The lowest BCUT2D eigenvalue weighted by molar-refractivity contribution is -0.167. The molecule has 1 fully saturated rings. The van der Waals surface area contributed by atoms with Crippen molar-refractivity contribution >= 4 is 45.2 Å². The van der Waals surface area contributed by atoms with Gasteiger partial charge in [0.2, 0.25) is 17.7 Å². The molecule has 0 bridgehead atoms. The van der Waals surface area contributed by atoms with Crippen LogP contribution < -0.4 is 15.4 Å². The van der Waals surface area contributed by atoms with Gasteiger partial charge in [0.15, 0.2) is 0 Å². The fourth-order valence-corrected chi connectivity index (χ4v) is 7.96. The molecule has 18 heteroatoms. The molecule has 1 heterocycles. The molecule has 316 valence electrons. The normalized spacial score (nSPS) is 18.0. The average molecular weight is 817 g/mol. The molecular formula is C38H59F3N6O8S. The molecule has 0 radical (unpaired) electrons. The minimum absolute atomic E-state index is 0.00159. The molecule has 1 saturated heterocycles. The second-order valence-corrected chi connectivity index (χ2v) is 16.9. The molecule has 0 aliphatic carbocycles. The van der Waals surface area contributed by atoms with E-state index in [4.69, 9.17) is 4.74 Å². The summed E-state index contributed by atoms with van der Waals surface area (Å²) in [5.74, 6) is -4.40. The van der Waals surface area contributed by atoms with Crippen LogP contribution in [0.25, 0.3) is 0 Å². The highest BCUT2D eigenvalue weighted by atomic mass is 32.2. The summed E-state index contributed by atoms with van der Waals surface area (Å²) in [6, 6.07) is 1.42. The van der Waals surface area contributed by atoms with E-state index in [-0.39, 0.29) is 53.2 Å². The number of likely N-dealkylation sites (N-methyl/N-ethyl adjacent to an activating group) is 2. The fourth-order valence-electron chi connectivity index (χ4n) is 6.94. The number of hydrogen-bond acceptors (Lipinski definition) is 9. The quantitative estimate of drug-likeness (QED) is 0.186. The van der Waals surface area contributed by atoms with Gasteiger partial charge in [0.25, 0.3) is 15.9 Å². The molecule has 0 aromatic heterocycles. The number of carbonyl (C=O) groups excluding carboxylic acids is 5. The summed E-state index contributed by atoms with van der Waals surface area (Å²) in [5, 5.41) is 4.58. The smallest absolute Gasteiger partial charge is 0.379 e. The van der Waals surface area contributed by atoms with Gasteiger partial charge < -0.3 is 25.2 Å². The van der Waals surface area contributed by atoms with Crippen LogP contribution >= 0.6 is 0 Å². The summed E-state index contributed by atoms with van der Waals surface area (Å²) >= 11 is 0. The number of anilines is 1. The van der Waals surface area contributed by atoms with Crippen LogP contribution in [0, 0.1) is 17.8 Å². The molecule has 56 heavy (non-hydrogen) atoms. The zero-order valence-electron chi connectivity index (χ0n) is 34.2. The Labute approximate surface area is 329 Å². The number of rotatable bonds is 18. The number of likely N-dealkylation sites (tertiary alicyclic amines) is 1. The Morgan fingerprint density at radius 2 is 1.59 bits per heavy atom. The molecule has 0 unspecified atom stereocenters. The van der Waals surface area contributed by atoms with Crippen molar-refractivity contribution in [2.24, 2.45) is 17.8 Å². The van der Waals surface area contributed by atoms with Gasteiger partial charge in [-0.05, 0) is 75.9 Å². The molecule has 0 spiro atoms. The Morgan fingerprint density at radius 1 is 1.00 bits per heavy atom. The minimum Gasteiger partial charge on any atom is -0.379 e. The molecule has 1 aromatic carbocycles. The molecule has 1 aliphatic rings. The maximum absolute atomic E-state index is 14.1. The first-order valence-electron chi connectivity index (χ1n) is 18.7. The third kappa shape index (κ3) is 12.7. The van der Waals surface area contributed by atoms with E-state index in [2.05, 4.69) is 5.32 Å². The van der Waals surface area contributed by atoms with E-state index in [1.807, 2.05) is 65.3 Å². The van der Waals surface area contributed by atoms with Crippen LogP contribution in [-0.4, -0.2) is 124 Å². The standard InChI is InChI=1S/C38H59F3N6O8S/c1-12-24(6)33(46(10)36(51)31(22(2)3)43-35(50)32(23(4)5)45(8)9)29(55-11)21-30(48)47-19-13-14-27(47)20-25(7)34(49)44-56(53,54)28-17-15-26(16-18-28)42-37(52)38(39,40)41/h15-18,20,22-24,27,29,31-33H,12-14,19,21H2,1-11H3,(H,42,52)(H,43,50)(H,44,49)/b25-20+/t24-,27-,29+,31-,32-,33-/m0/s1. The van der Waals surface area contributed by atoms with Gasteiger partial charge in [-0.2, -0.15) is 13.2 Å². The minimum atomic E-state index is -5.14. The van der Waals surface area contributed by atoms with E-state index in [1.165, 1.54) is 20.1 Å². The van der Waals surface area contributed by atoms with E-state index in [1.54, 1.807) is 22.2 Å². The highest BCUT2D eigenvalue weighted by Crippen LogP contribution is 2.27. The van der Waals surface area contributed by atoms with E-state index in [0.717, 1.165) is 24.3 Å². The number of alkyl halides is 3. The van der Waals surface area contributed by atoms with Crippen molar-refractivity contribution in [3.8, 4) is 0 Å². The Morgan fingerprint density at radius 3 is 2.07 bits per heavy atom. The van der Waals surface area contributed by atoms with Gasteiger partial charge in [-0.1, -0.05) is 54.0 Å². The van der Waals surface area contributed by atoms with Crippen LogP contribution in [0.5, 0.6) is 0 Å². The molecule has 3 N–H and O–H groups in total. The van der Waals surface area contributed by atoms with Crippen LogP contribution in [0.4, 0.5) is 18.9 Å². The van der Waals surface area contributed by atoms with Crippen LogP contribution in [0.1, 0.15) is 74.1 Å². The molecule has 1 aromatic rings. The molecule has 14 nitrogen and oxygen atoms in total. The van der Waals surface area contributed by atoms with Crippen molar-refractivity contribution in [1.29, 1.82) is 0 Å². The highest BCUT2D eigenvalue weighted by molar-refractivity contribution is 7.90. The monoisotopic (exact) mass is 816 g/mol. The van der Waals surface area contributed by atoms with Crippen molar-refractivity contribution in [3.63, 3.8) is 0 Å². The van der Waals surface area contributed by atoms with Gasteiger partial charge in [0.05, 0.1) is 35.5 Å². The molecule has 5 amide bonds. The Hall–Kier alpha value is -4.03. The molecular weight excluding hydrogens is 758 g/mol. The lowest BCUT2D eigenvalue weighted by Gasteiger charge is -2.40. The van der Waals surface area contributed by atoms with Crippen LogP contribution in [0.15, 0.2) is 40.8 Å². The number of sulfonamides is 1. The molecule has 0 saturated carbocycles.